The number of hydrogen-bond donors (Lipinski definition) is 1. The largest absolute Gasteiger partial charge is 0.611 e. The number of hydrogen-bond acceptors (Lipinski definition) is 7. The van der Waals surface area contributed by atoms with Gasteiger partial charge in [-0.2, -0.15) is 0 Å². The molecular formula is C40H51N5O4S. The normalized spacial score (nSPS) is 16.8. The molecule has 266 valence electrons. The van der Waals surface area contributed by atoms with E-state index in [4.69, 9.17) is 14.5 Å². The summed E-state index contributed by atoms with van der Waals surface area (Å²) in [6.45, 7) is 15.2. The van der Waals surface area contributed by atoms with Gasteiger partial charge in [0.2, 0.25) is 0 Å². The van der Waals surface area contributed by atoms with Gasteiger partial charge in [-0.05, 0) is 96.9 Å². The highest BCUT2D eigenvalue weighted by Gasteiger charge is 2.28. The third-order valence-electron chi connectivity index (χ3n) is 9.16. The molecule has 0 bridgehead atoms. The molecule has 1 fully saturated rings. The van der Waals surface area contributed by atoms with Crippen molar-refractivity contribution >= 4 is 34.7 Å². The van der Waals surface area contributed by atoms with Crippen LogP contribution in [0.1, 0.15) is 65.1 Å². The number of carbonyl (C=O) groups excluding carboxylic acids is 1. The Morgan fingerprint density at radius 3 is 2.42 bits per heavy atom. The van der Waals surface area contributed by atoms with Crippen LogP contribution in [-0.2, 0) is 33.0 Å². The zero-order chi connectivity index (χ0) is 35.5. The molecule has 1 amide bonds. The average Bonchev–Trinajstić information content (AvgIpc) is 3.70. The van der Waals surface area contributed by atoms with E-state index in [2.05, 4.69) is 49.0 Å². The van der Waals surface area contributed by atoms with Crippen molar-refractivity contribution < 1.29 is 18.8 Å². The minimum atomic E-state index is -1.22. The number of aromatic nitrogens is 3. The Balaban J connectivity index is 1.28. The zero-order valence-electron chi connectivity index (χ0n) is 30.1. The van der Waals surface area contributed by atoms with Gasteiger partial charge in [-0.25, -0.2) is 9.97 Å². The minimum Gasteiger partial charge on any atom is -0.611 e. The van der Waals surface area contributed by atoms with Gasteiger partial charge in [-0.3, -0.25) is 4.79 Å². The fraction of sp³-hybridized carbons (Fsp3) is 0.425. The molecule has 10 heteroatoms. The SMILES string of the molecule is CCCCOCCOc1ccc(-c2cnc(N3CC(C)C(C)C3)c(C=C(C)C(=O)Nc3ccc([S+]([O-])Cc4cncn4CCC)cc3)c2)cc1. The maximum atomic E-state index is 13.4. The lowest BCUT2D eigenvalue weighted by molar-refractivity contribution is -0.112. The Morgan fingerprint density at radius 1 is 0.980 bits per heavy atom. The molecule has 4 aromatic rings. The summed E-state index contributed by atoms with van der Waals surface area (Å²) in [6, 6.07) is 17.3. The van der Waals surface area contributed by atoms with E-state index in [0.29, 0.717) is 47.0 Å². The quantitative estimate of drug-likeness (QED) is 0.0678. The van der Waals surface area contributed by atoms with Gasteiger partial charge < -0.3 is 28.8 Å². The van der Waals surface area contributed by atoms with Crippen LogP contribution in [0.2, 0.25) is 0 Å². The molecule has 2 aromatic carbocycles. The second-order valence-electron chi connectivity index (χ2n) is 13.2. The highest BCUT2D eigenvalue weighted by Crippen LogP contribution is 2.33. The lowest BCUT2D eigenvalue weighted by atomic mass is 10.0. The monoisotopic (exact) mass is 697 g/mol. The Morgan fingerprint density at radius 2 is 1.72 bits per heavy atom. The van der Waals surface area contributed by atoms with Crippen LogP contribution in [0.3, 0.4) is 0 Å². The van der Waals surface area contributed by atoms with E-state index in [-0.39, 0.29) is 5.91 Å². The first-order valence-corrected chi connectivity index (χ1v) is 19.1. The van der Waals surface area contributed by atoms with Crippen LogP contribution in [0.25, 0.3) is 17.2 Å². The number of nitrogens with one attached hydrogen (secondary N) is 1. The molecule has 1 aliphatic rings. The fourth-order valence-electron chi connectivity index (χ4n) is 5.96. The summed E-state index contributed by atoms with van der Waals surface area (Å²) in [5, 5.41) is 3.01. The molecular weight excluding hydrogens is 647 g/mol. The molecule has 0 aliphatic carbocycles. The first-order valence-electron chi connectivity index (χ1n) is 17.8. The van der Waals surface area contributed by atoms with Crippen molar-refractivity contribution in [2.75, 3.05) is 43.1 Å². The highest BCUT2D eigenvalue weighted by atomic mass is 32.2. The van der Waals surface area contributed by atoms with Gasteiger partial charge in [-0.15, -0.1) is 0 Å². The Hall–Kier alpha value is -4.12. The van der Waals surface area contributed by atoms with E-state index < -0.39 is 11.2 Å². The summed E-state index contributed by atoms with van der Waals surface area (Å²) in [5.41, 5.74) is 5.03. The van der Waals surface area contributed by atoms with Crippen molar-refractivity contribution in [3.05, 3.63) is 90.1 Å². The van der Waals surface area contributed by atoms with Crippen molar-refractivity contribution in [2.24, 2.45) is 11.8 Å². The van der Waals surface area contributed by atoms with E-state index in [1.807, 2.05) is 60.2 Å². The first kappa shape index (κ1) is 37.1. The fourth-order valence-corrected chi connectivity index (χ4v) is 7.08. The van der Waals surface area contributed by atoms with Crippen LogP contribution >= 0.6 is 0 Å². The number of ether oxygens (including phenoxy) is 2. The maximum absolute atomic E-state index is 13.4. The van der Waals surface area contributed by atoms with Crippen LogP contribution < -0.4 is 15.0 Å². The molecule has 3 atom stereocenters. The van der Waals surface area contributed by atoms with Crippen molar-refractivity contribution in [1.29, 1.82) is 0 Å². The molecule has 0 radical (unpaired) electrons. The number of benzene rings is 2. The van der Waals surface area contributed by atoms with Crippen LogP contribution in [-0.4, -0.2) is 57.9 Å². The van der Waals surface area contributed by atoms with Crippen LogP contribution in [0.15, 0.2) is 83.8 Å². The molecule has 5 rings (SSSR count). The van der Waals surface area contributed by atoms with E-state index in [9.17, 15) is 9.35 Å². The number of aryl methyl sites for hydroxylation is 1. The van der Waals surface area contributed by atoms with Crippen molar-refractivity contribution in [3.63, 3.8) is 0 Å². The van der Waals surface area contributed by atoms with E-state index >= 15 is 0 Å². The average molecular weight is 698 g/mol. The predicted octanol–water partition coefficient (Wildman–Crippen LogP) is 7.99. The minimum absolute atomic E-state index is 0.206. The lowest BCUT2D eigenvalue weighted by Gasteiger charge is -2.21. The second kappa shape index (κ2) is 18.2. The van der Waals surface area contributed by atoms with E-state index in [0.717, 1.165) is 79.5 Å². The van der Waals surface area contributed by atoms with Gasteiger partial charge >= 0.3 is 0 Å². The van der Waals surface area contributed by atoms with Crippen molar-refractivity contribution in [3.8, 4) is 16.9 Å². The third kappa shape index (κ3) is 9.99. The number of nitrogens with zero attached hydrogens (tertiary/aromatic N) is 4. The third-order valence-corrected chi connectivity index (χ3v) is 10.5. The number of pyridine rings is 1. The molecule has 1 saturated heterocycles. The second-order valence-corrected chi connectivity index (χ2v) is 14.7. The van der Waals surface area contributed by atoms with Gasteiger partial charge in [-0.1, -0.05) is 46.2 Å². The van der Waals surface area contributed by atoms with Crippen molar-refractivity contribution in [2.45, 2.75) is 71.1 Å². The summed E-state index contributed by atoms with van der Waals surface area (Å²) in [7, 11) is 0. The molecule has 3 heterocycles. The zero-order valence-corrected chi connectivity index (χ0v) is 30.9. The van der Waals surface area contributed by atoms with Crippen LogP contribution in [0.4, 0.5) is 11.5 Å². The number of carbonyl (C=O) groups is 1. The van der Waals surface area contributed by atoms with Crippen LogP contribution in [0, 0.1) is 11.8 Å². The molecule has 2 aromatic heterocycles. The smallest absolute Gasteiger partial charge is 0.251 e. The number of amides is 1. The summed E-state index contributed by atoms with van der Waals surface area (Å²) >= 11 is -1.22. The van der Waals surface area contributed by atoms with Gasteiger partial charge in [0, 0.05) is 54.8 Å². The Kier molecular flexibility index (Phi) is 13.5. The summed E-state index contributed by atoms with van der Waals surface area (Å²) in [5.74, 6) is 2.97. The maximum Gasteiger partial charge on any atom is 0.251 e. The molecule has 50 heavy (non-hydrogen) atoms. The molecule has 0 spiro atoms. The van der Waals surface area contributed by atoms with Gasteiger partial charge in [0.05, 0.1) is 24.8 Å². The summed E-state index contributed by atoms with van der Waals surface area (Å²) in [4.78, 5) is 25.6. The number of unbranched alkanes of at least 4 members (excludes halogenated alkanes) is 1. The van der Waals surface area contributed by atoms with E-state index in [1.165, 1.54) is 0 Å². The van der Waals surface area contributed by atoms with Gasteiger partial charge in [0.25, 0.3) is 5.91 Å². The molecule has 1 aliphatic heterocycles. The Bertz CT molecular complexity index is 1700. The molecule has 3 unspecified atom stereocenters. The summed E-state index contributed by atoms with van der Waals surface area (Å²) < 4.78 is 26.6. The number of imidazole rings is 1. The van der Waals surface area contributed by atoms with Crippen LogP contribution in [0.5, 0.6) is 5.75 Å². The lowest BCUT2D eigenvalue weighted by Crippen LogP contribution is -2.22. The topological polar surface area (TPSA) is 105 Å². The van der Waals surface area contributed by atoms with E-state index in [1.54, 1.807) is 24.7 Å². The molecule has 9 nitrogen and oxygen atoms in total. The van der Waals surface area contributed by atoms with Gasteiger partial charge in [0.1, 0.15) is 18.2 Å². The van der Waals surface area contributed by atoms with Crippen molar-refractivity contribution in [1.82, 2.24) is 14.5 Å². The highest BCUT2D eigenvalue weighted by molar-refractivity contribution is 7.90. The number of rotatable bonds is 17. The predicted molar refractivity (Wildman–Crippen MR) is 203 cm³/mol. The number of anilines is 2. The standard InChI is InChI=1S/C40H51N5O4S/c1-6-8-18-48-19-20-49-37-13-9-32(10-14-37)34-22-33(39(42-23-34)45-25-30(4)31(5)26-45)21-29(3)40(46)43-35-11-15-38(16-12-35)50(47)27-36-24-41-28-44(36)17-7-2/h9-16,21-24,28,30-31H,6-8,17-20,25-27H2,1-5H3,(H,43,46). The molecule has 0 saturated carbocycles. The van der Waals surface area contributed by atoms with Gasteiger partial charge in [0.15, 0.2) is 10.6 Å². The Labute approximate surface area is 300 Å². The first-order chi connectivity index (χ1) is 24.2. The summed E-state index contributed by atoms with van der Waals surface area (Å²) in [6.07, 6.45) is 10.6. The molecule has 1 N–H and O–H groups in total.